The molecule has 1 saturated heterocycles. The molecule has 18 heavy (non-hydrogen) atoms. The van der Waals surface area contributed by atoms with Crippen LogP contribution in [0.2, 0.25) is 0 Å². The molecule has 0 spiro atoms. The molecule has 1 aliphatic rings. The summed E-state index contributed by atoms with van der Waals surface area (Å²) in [6, 6.07) is -0.268. The van der Waals surface area contributed by atoms with Crippen molar-refractivity contribution in [2.75, 3.05) is 33.4 Å². The van der Waals surface area contributed by atoms with E-state index in [1.54, 1.807) is 7.11 Å². The third-order valence-corrected chi connectivity index (χ3v) is 4.82. The Hall–Kier alpha value is -0.210. The molecule has 1 fully saturated rings. The average molecular weight is 280 g/mol. The van der Waals surface area contributed by atoms with E-state index in [1.807, 2.05) is 0 Å². The van der Waals surface area contributed by atoms with Crippen molar-refractivity contribution >= 4 is 10.2 Å². The zero-order valence-corrected chi connectivity index (χ0v) is 11.8. The molecule has 0 radical (unpaired) electrons. The summed E-state index contributed by atoms with van der Waals surface area (Å²) >= 11 is 0. The van der Waals surface area contributed by atoms with Crippen LogP contribution in [0.15, 0.2) is 0 Å². The van der Waals surface area contributed by atoms with Crippen molar-refractivity contribution < 1.29 is 18.3 Å². The van der Waals surface area contributed by atoms with Gasteiger partial charge >= 0.3 is 0 Å². The highest BCUT2D eigenvalue weighted by atomic mass is 32.2. The summed E-state index contributed by atoms with van der Waals surface area (Å²) < 4.78 is 33.0. The number of nitrogens with one attached hydrogen (secondary N) is 1. The molecule has 0 aliphatic carbocycles. The number of methoxy groups -OCH3 is 1. The van der Waals surface area contributed by atoms with E-state index >= 15 is 0 Å². The molecule has 1 rings (SSSR count). The van der Waals surface area contributed by atoms with Gasteiger partial charge in [-0.1, -0.05) is 6.42 Å². The number of unbranched alkanes of at least 4 members (excludes halogenated alkanes) is 1. The Bertz CT molecular complexity index is 321. The lowest BCUT2D eigenvalue weighted by molar-refractivity contribution is 0.154. The summed E-state index contributed by atoms with van der Waals surface area (Å²) in [6.45, 7) is 1.45. The Labute approximate surface area is 109 Å². The maximum absolute atomic E-state index is 12.1. The van der Waals surface area contributed by atoms with E-state index in [1.165, 1.54) is 4.31 Å². The summed E-state index contributed by atoms with van der Waals surface area (Å²) in [5.41, 5.74) is 0. The Morgan fingerprint density at radius 3 is 2.83 bits per heavy atom. The summed E-state index contributed by atoms with van der Waals surface area (Å²) in [5, 5.41) is 9.22. The first-order valence-corrected chi connectivity index (χ1v) is 7.92. The van der Waals surface area contributed by atoms with Crippen LogP contribution in [0.4, 0.5) is 0 Å². The van der Waals surface area contributed by atoms with Gasteiger partial charge in [0.1, 0.15) is 0 Å². The predicted octanol–water partition coefficient (Wildman–Crippen LogP) is 0.0942. The van der Waals surface area contributed by atoms with E-state index in [2.05, 4.69) is 4.72 Å². The van der Waals surface area contributed by atoms with Crippen LogP contribution in [0, 0.1) is 0 Å². The minimum atomic E-state index is -3.45. The Balaban J connectivity index is 2.41. The van der Waals surface area contributed by atoms with E-state index in [0.29, 0.717) is 19.7 Å². The Kier molecular flexibility index (Phi) is 7.10. The number of aliphatic hydroxyl groups excluding tert-OH is 1. The lowest BCUT2D eigenvalue weighted by Crippen LogP contribution is -2.50. The van der Waals surface area contributed by atoms with Gasteiger partial charge in [0.2, 0.25) is 0 Å². The first-order valence-electron chi connectivity index (χ1n) is 6.48. The molecule has 0 aromatic carbocycles. The van der Waals surface area contributed by atoms with Gasteiger partial charge in [0.05, 0.1) is 6.61 Å². The van der Waals surface area contributed by atoms with E-state index in [-0.39, 0.29) is 12.6 Å². The van der Waals surface area contributed by atoms with Gasteiger partial charge in [0.15, 0.2) is 0 Å². The van der Waals surface area contributed by atoms with Crippen LogP contribution in [-0.4, -0.2) is 57.3 Å². The van der Waals surface area contributed by atoms with Crippen molar-refractivity contribution in [1.29, 1.82) is 0 Å². The minimum Gasteiger partial charge on any atom is -0.395 e. The maximum Gasteiger partial charge on any atom is 0.279 e. The smallest absolute Gasteiger partial charge is 0.279 e. The number of hydrogen-bond acceptors (Lipinski definition) is 4. The van der Waals surface area contributed by atoms with E-state index in [4.69, 9.17) is 4.74 Å². The highest BCUT2D eigenvalue weighted by Gasteiger charge is 2.31. The molecule has 6 nitrogen and oxygen atoms in total. The Morgan fingerprint density at radius 2 is 2.17 bits per heavy atom. The summed E-state index contributed by atoms with van der Waals surface area (Å²) in [5.74, 6) is 0. The predicted molar refractivity (Wildman–Crippen MR) is 69.5 cm³/mol. The van der Waals surface area contributed by atoms with E-state index in [0.717, 1.165) is 32.1 Å². The van der Waals surface area contributed by atoms with Crippen molar-refractivity contribution in [2.24, 2.45) is 0 Å². The second kappa shape index (κ2) is 8.06. The van der Waals surface area contributed by atoms with Gasteiger partial charge < -0.3 is 9.84 Å². The number of rotatable bonds is 8. The first-order chi connectivity index (χ1) is 8.61. The lowest BCUT2D eigenvalue weighted by atomic mass is 10.1. The second-order valence-electron chi connectivity index (χ2n) is 4.54. The van der Waals surface area contributed by atoms with Gasteiger partial charge in [-0.05, 0) is 25.7 Å². The number of hydrogen-bond donors (Lipinski definition) is 2. The topological polar surface area (TPSA) is 78.9 Å². The minimum absolute atomic E-state index is 0.107. The molecule has 1 heterocycles. The summed E-state index contributed by atoms with van der Waals surface area (Å²) in [7, 11) is -1.82. The molecular formula is C11H24N2O4S. The fraction of sp³-hybridized carbons (Fsp3) is 1.00. The summed E-state index contributed by atoms with van der Waals surface area (Å²) in [6.07, 6.45) is 4.17. The van der Waals surface area contributed by atoms with Crippen molar-refractivity contribution in [3.05, 3.63) is 0 Å². The third kappa shape index (κ3) is 4.81. The van der Waals surface area contributed by atoms with Gasteiger partial charge in [0, 0.05) is 32.8 Å². The quantitative estimate of drug-likeness (QED) is 0.618. The number of piperidine rings is 1. The maximum atomic E-state index is 12.1. The van der Waals surface area contributed by atoms with Crippen molar-refractivity contribution in [1.82, 2.24) is 9.03 Å². The first kappa shape index (κ1) is 15.8. The molecule has 0 aromatic heterocycles. The molecule has 0 amide bonds. The fourth-order valence-electron chi connectivity index (χ4n) is 2.13. The third-order valence-electron chi connectivity index (χ3n) is 3.15. The number of nitrogens with zero attached hydrogens (tertiary/aromatic N) is 1. The van der Waals surface area contributed by atoms with Gasteiger partial charge in [-0.25, -0.2) is 4.72 Å². The monoisotopic (exact) mass is 280 g/mol. The lowest BCUT2D eigenvalue weighted by Gasteiger charge is -2.33. The fourth-order valence-corrected chi connectivity index (χ4v) is 3.63. The number of ether oxygens (including phenoxy) is 1. The van der Waals surface area contributed by atoms with E-state index < -0.39 is 10.2 Å². The normalized spacial score (nSPS) is 22.2. The molecule has 108 valence electrons. The van der Waals surface area contributed by atoms with Gasteiger partial charge in [-0.2, -0.15) is 12.7 Å². The zero-order valence-electron chi connectivity index (χ0n) is 11.0. The Morgan fingerprint density at radius 1 is 1.39 bits per heavy atom. The van der Waals surface area contributed by atoms with Crippen LogP contribution in [0.5, 0.6) is 0 Å². The highest BCUT2D eigenvalue weighted by Crippen LogP contribution is 2.19. The summed E-state index contributed by atoms with van der Waals surface area (Å²) in [4.78, 5) is 0. The van der Waals surface area contributed by atoms with Gasteiger partial charge in [-0.3, -0.25) is 0 Å². The number of aliphatic hydroxyl groups is 1. The molecule has 1 unspecified atom stereocenters. The van der Waals surface area contributed by atoms with Gasteiger partial charge in [0.25, 0.3) is 10.2 Å². The second-order valence-corrected chi connectivity index (χ2v) is 6.25. The molecule has 7 heteroatoms. The molecule has 1 atom stereocenters. The molecule has 1 aliphatic heterocycles. The van der Waals surface area contributed by atoms with Crippen LogP contribution in [0.3, 0.4) is 0 Å². The largest absolute Gasteiger partial charge is 0.395 e. The molecule has 0 saturated carbocycles. The van der Waals surface area contributed by atoms with Crippen LogP contribution in [-0.2, 0) is 14.9 Å². The van der Waals surface area contributed by atoms with Gasteiger partial charge in [-0.15, -0.1) is 0 Å². The van der Waals surface area contributed by atoms with Crippen LogP contribution in [0.25, 0.3) is 0 Å². The van der Waals surface area contributed by atoms with Crippen molar-refractivity contribution in [3.63, 3.8) is 0 Å². The van der Waals surface area contributed by atoms with Crippen LogP contribution < -0.4 is 4.72 Å². The SMILES string of the molecule is COCCCCNS(=O)(=O)N1CCCCC1CO. The van der Waals surface area contributed by atoms with Crippen molar-refractivity contribution in [2.45, 2.75) is 38.1 Å². The molecule has 0 bridgehead atoms. The van der Waals surface area contributed by atoms with Crippen molar-refractivity contribution in [3.8, 4) is 0 Å². The molecule has 2 N–H and O–H groups in total. The zero-order chi connectivity index (χ0) is 13.4. The standard InChI is InChI=1S/C11H24N2O4S/c1-17-9-5-3-7-12-18(15,16)13-8-4-2-6-11(13)10-14/h11-12,14H,2-10H2,1H3. The van der Waals surface area contributed by atoms with E-state index in [9.17, 15) is 13.5 Å². The highest BCUT2D eigenvalue weighted by molar-refractivity contribution is 7.87. The van der Waals surface area contributed by atoms with Crippen LogP contribution in [0.1, 0.15) is 32.1 Å². The average Bonchev–Trinajstić information content (AvgIpc) is 2.38. The molecule has 0 aromatic rings. The molecular weight excluding hydrogens is 256 g/mol. The van der Waals surface area contributed by atoms with Crippen LogP contribution >= 0.6 is 0 Å².